The maximum Gasteiger partial charge on any atom is 0.183 e. The summed E-state index contributed by atoms with van der Waals surface area (Å²) in [5.41, 5.74) is 1.07. The normalized spacial score (nSPS) is 20.1. The highest BCUT2D eigenvalue weighted by molar-refractivity contribution is 5.08. The molecule has 2 N–H and O–H groups in total. The van der Waals surface area contributed by atoms with Crippen LogP contribution in [-0.2, 0) is 0 Å². The van der Waals surface area contributed by atoms with Crippen molar-refractivity contribution >= 4 is 0 Å². The topological polar surface area (TPSA) is 32.3 Å². The maximum absolute atomic E-state index is 8.77. The summed E-state index contributed by atoms with van der Waals surface area (Å²) in [5, 5.41) is 11.6. The van der Waals surface area contributed by atoms with Gasteiger partial charge in [0, 0.05) is 6.54 Å². The first-order chi connectivity index (χ1) is 3.30. The van der Waals surface area contributed by atoms with Crippen molar-refractivity contribution in [3.05, 3.63) is 11.5 Å². The van der Waals surface area contributed by atoms with Gasteiger partial charge < -0.3 is 10.4 Å². The Bertz CT molecular complexity index is 94.6. The SMILES string of the molecule is CC1=C(O)NCC1. The molecule has 0 spiro atoms. The highest BCUT2D eigenvalue weighted by Gasteiger charge is 2.05. The molecule has 0 aromatic rings. The molecule has 1 aliphatic heterocycles. The minimum absolute atomic E-state index is 0.375. The van der Waals surface area contributed by atoms with Gasteiger partial charge >= 0.3 is 0 Å². The molecular formula is C5H9NO. The second kappa shape index (κ2) is 1.45. The van der Waals surface area contributed by atoms with Gasteiger partial charge in [-0.25, -0.2) is 0 Å². The predicted octanol–water partition coefficient (Wildman–Crippen LogP) is 0.769. The van der Waals surface area contributed by atoms with Gasteiger partial charge in [-0.2, -0.15) is 0 Å². The van der Waals surface area contributed by atoms with Crippen LogP contribution in [0, 0.1) is 0 Å². The van der Waals surface area contributed by atoms with Crippen molar-refractivity contribution in [3.63, 3.8) is 0 Å². The van der Waals surface area contributed by atoms with Crippen LogP contribution in [-0.4, -0.2) is 11.7 Å². The molecule has 0 saturated heterocycles. The van der Waals surface area contributed by atoms with Crippen molar-refractivity contribution < 1.29 is 5.11 Å². The van der Waals surface area contributed by atoms with E-state index >= 15 is 0 Å². The minimum Gasteiger partial charge on any atom is -0.495 e. The molecule has 0 unspecified atom stereocenters. The summed E-state index contributed by atoms with van der Waals surface area (Å²) in [6.07, 6.45) is 0.992. The zero-order chi connectivity index (χ0) is 5.28. The van der Waals surface area contributed by atoms with Crippen molar-refractivity contribution in [2.45, 2.75) is 13.3 Å². The fraction of sp³-hybridized carbons (Fsp3) is 0.600. The van der Waals surface area contributed by atoms with Gasteiger partial charge in [-0.15, -0.1) is 0 Å². The van der Waals surface area contributed by atoms with Gasteiger partial charge in [-0.05, 0) is 18.9 Å². The molecule has 0 aromatic heterocycles. The molecule has 40 valence electrons. The van der Waals surface area contributed by atoms with E-state index in [1.54, 1.807) is 0 Å². The highest BCUT2D eigenvalue weighted by Crippen LogP contribution is 2.07. The number of aliphatic hydroxyl groups is 1. The summed E-state index contributed by atoms with van der Waals surface area (Å²) in [5.74, 6) is 0.375. The summed E-state index contributed by atoms with van der Waals surface area (Å²) in [4.78, 5) is 0. The first kappa shape index (κ1) is 4.50. The zero-order valence-corrected chi connectivity index (χ0v) is 4.36. The van der Waals surface area contributed by atoms with Gasteiger partial charge in [0.05, 0.1) is 0 Å². The van der Waals surface area contributed by atoms with E-state index in [0.29, 0.717) is 5.88 Å². The largest absolute Gasteiger partial charge is 0.495 e. The summed E-state index contributed by atoms with van der Waals surface area (Å²) in [6, 6.07) is 0. The molecule has 1 aliphatic rings. The molecule has 0 radical (unpaired) electrons. The quantitative estimate of drug-likeness (QED) is 0.470. The summed E-state index contributed by atoms with van der Waals surface area (Å²) in [7, 11) is 0. The van der Waals surface area contributed by atoms with Crippen molar-refractivity contribution in [2.75, 3.05) is 6.54 Å². The smallest absolute Gasteiger partial charge is 0.183 e. The highest BCUT2D eigenvalue weighted by atomic mass is 16.3. The Morgan fingerprint density at radius 3 is 2.57 bits per heavy atom. The number of rotatable bonds is 0. The summed E-state index contributed by atoms with van der Waals surface area (Å²) < 4.78 is 0. The Balaban J connectivity index is 2.64. The van der Waals surface area contributed by atoms with Crippen molar-refractivity contribution in [1.29, 1.82) is 0 Å². The minimum atomic E-state index is 0.375. The average molecular weight is 99.1 g/mol. The summed E-state index contributed by atoms with van der Waals surface area (Å²) in [6.45, 7) is 2.83. The monoisotopic (exact) mass is 99.1 g/mol. The lowest BCUT2D eigenvalue weighted by atomic mass is 10.3. The van der Waals surface area contributed by atoms with Gasteiger partial charge in [0.25, 0.3) is 0 Å². The van der Waals surface area contributed by atoms with Crippen LogP contribution in [0.3, 0.4) is 0 Å². The van der Waals surface area contributed by atoms with Crippen molar-refractivity contribution in [1.82, 2.24) is 5.32 Å². The van der Waals surface area contributed by atoms with Crippen LogP contribution in [0.15, 0.2) is 11.5 Å². The number of hydrogen-bond donors (Lipinski definition) is 2. The molecule has 0 amide bonds. The standard InChI is InChI=1S/C5H9NO/c1-4-2-3-6-5(4)7/h6-7H,2-3H2,1H3. The molecule has 2 heteroatoms. The molecular weight excluding hydrogens is 90.1 g/mol. The Morgan fingerprint density at radius 2 is 2.43 bits per heavy atom. The Hall–Kier alpha value is -0.660. The van der Waals surface area contributed by atoms with Crippen LogP contribution in [0.4, 0.5) is 0 Å². The lowest BCUT2D eigenvalue weighted by Gasteiger charge is -1.89. The molecule has 0 saturated carbocycles. The first-order valence-electron chi connectivity index (χ1n) is 2.43. The van der Waals surface area contributed by atoms with Crippen LogP contribution in [0.5, 0.6) is 0 Å². The Labute approximate surface area is 42.8 Å². The van der Waals surface area contributed by atoms with Crippen LogP contribution < -0.4 is 5.32 Å². The van der Waals surface area contributed by atoms with Crippen LogP contribution in [0.25, 0.3) is 0 Å². The van der Waals surface area contributed by atoms with E-state index in [9.17, 15) is 0 Å². The Kier molecular flexibility index (Phi) is 0.929. The predicted molar refractivity (Wildman–Crippen MR) is 27.9 cm³/mol. The fourth-order valence-electron chi connectivity index (χ4n) is 0.638. The van der Waals surface area contributed by atoms with Gasteiger partial charge in [0.1, 0.15) is 0 Å². The number of nitrogens with one attached hydrogen (secondary N) is 1. The molecule has 1 heterocycles. The molecule has 0 aliphatic carbocycles. The second-order valence-electron chi connectivity index (χ2n) is 1.81. The molecule has 0 bridgehead atoms. The van der Waals surface area contributed by atoms with Crippen LogP contribution in [0.1, 0.15) is 13.3 Å². The van der Waals surface area contributed by atoms with Gasteiger partial charge in [-0.1, -0.05) is 0 Å². The zero-order valence-electron chi connectivity index (χ0n) is 4.36. The third-order valence-electron chi connectivity index (χ3n) is 1.20. The van der Waals surface area contributed by atoms with Gasteiger partial charge in [0.2, 0.25) is 0 Å². The molecule has 2 nitrogen and oxygen atoms in total. The van der Waals surface area contributed by atoms with E-state index in [2.05, 4.69) is 5.32 Å². The van der Waals surface area contributed by atoms with Gasteiger partial charge in [0.15, 0.2) is 5.88 Å². The third kappa shape index (κ3) is 0.683. The average Bonchev–Trinajstić information content (AvgIpc) is 1.91. The molecule has 0 aromatic carbocycles. The lowest BCUT2D eigenvalue weighted by Crippen LogP contribution is -2.05. The summed E-state index contributed by atoms with van der Waals surface area (Å²) >= 11 is 0. The van der Waals surface area contributed by atoms with Gasteiger partial charge in [-0.3, -0.25) is 0 Å². The van der Waals surface area contributed by atoms with E-state index < -0.39 is 0 Å². The maximum atomic E-state index is 8.77. The van der Waals surface area contributed by atoms with E-state index in [1.807, 2.05) is 6.92 Å². The second-order valence-corrected chi connectivity index (χ2v) is 1.81. The Morgan fingerprint density at radius 1 is 1.71 bits per heavy atom. The third-order valence-corrected chi connectivity index (χ3v) is 1.20. The fourth-order valence-corrected chi connectivity index (χ4v) is 0.638. The van der Waals surface area contributed by atoms with E-state index in [-0.39, 0.29) is 0 Å². The first-order valence-corrected chi connectivity index (χ1v) is 2.43. The lowest BCUT2D eigenvalue weighted by molar-refractivity contribution is 0.375. The molecule has 1 rings (SSSR count). The molecule has 0 atom stereocenters. The molecule has 7 heavy (non-hydrogen) atoms. The number of aliphatic hydroxyl groups excluding tert-OH is 1. The van der Waals surface area contributed by atoms with Crippen LogP contribution >= 0.6 is 0 Å². The van der Waals surface area contributed by atoms with E-state index in [1.165, 1.54) is 0 Å². The van der Waals surface area contributed by atoms with E-state index in [0.717, 1.165) is 18.5 Å². The van der Waals surface area contributed by atoms with Crippen molar-refractivity contribution in [3.8, 4) is 0 Å². The number of hydrogen-bond acceptors (Lipinski definition) is 2. The van der Waals surface area contributed by atoms with Crippen molar-refractivity contribution in [2.24, 2.45) is 0 Å². The van der Waals surface area contributed by atoms with E-state index in [4.69, 9.17) is 5.11 Å². The molecule has 0 fully saturated rings. The van der Waals surface area contributed by atoms with Crippen LogP contribution in [0.2, 0.25) is 0 Å².